The van der Waals surface area contributed by atoms with Crippen molar-refractivity contribution >= 4 is 17.1 Å². The highest BCUT2D eigenvalue weighted by Crippen LogP contribution is 2.19. The van der Waals surface area contributed by atoms with Gasteiger partial charge in [0.05, 0.1) is 24.1 Å². The molecule has 2 unspecified atom stereocenters. The molecule has 0 aromatic carbocycles. The van der Waals surface area contributed by atoms with E-state index in [0.717, 1.165) is 24.4 Å². The van der Waals surface area contributed by atoms with Gasteiger partial charge in [0, 0.05) is 17.5 Å². The number of hydrogen-bond donors (Lipinski definition) is 0. The minimum Gasteiger partial charge on any atom is -0.376 e. The Labute approximate surface area is 113 Å². The fraction of sp³-hybridized carbons (Fsp3) is 0.643. The molecule has 18 heavy (non-hydrogen) atoms. The van der Waals surface area contributed by atoms with Crippen LogP contribution in [0.5, 0.6) is 0 Å². The van der Waals surface area contributed by atoms with Gasteiger partial charge in [0.15, 0.2) is 5.78 Å². The first-order chi connectivity index (χ1) is 8.60. The molecule has 1 fully saturated rings. The summed E-state index contributed by atoms with van der Waals surface area (Å²) in [5.74, 6) is 0.237. The van der Waals surface area contributed by atoms with Crippen molar-refractivity contribution in [3.63, 3.8) is 0 Å². The lowest BCUT2D eigenvalue weighted by Crippen LogP contribution is -2.49. The van der Waals surface area contributed by atoms with Crippen LogP contribution in [-0.2, 0) is 11.2 Å². The standard InChI is InChI=1S/C14H21NO2S/c1-4-12-5-6-14(18-12)13(16)8-15-7-11(3)17-9-10(15)2/h5-6,10-11H,4,7-9H2,1-3H3. The number of ketones is 1. The van der Waals surface area contributed by atoms with Crippen molar-refractivity contribution in [2.24, 2.45) is 0 Å². The van der Waals surface area contributed by atoms with Gasteiger partial charge < -0.3 is 4.74 Å². The van der Waals surface area contributed by atoms with E-state index in [2.05, 4.69) is 31.7 Å². The second-order valence-corrected chi connectivity index (χ2v) is 6.13. The molecule has 1 aromatic heterocycles. The summed E-state index contributed by atoms with van der Waals surface area (Å²) in [4.78, 5) is 16.6. The third-order valence-corrected chi connectivity index (χ3v) is 4.64. The molecule has 2 atom stereocenters. The molecular formula is C14H21NO2S. The minimum atomic E-state index is 0.225. The predicted molar refractivity (Wildman–Crippen MR) is 74.5 cm³/mol. The van der Waals surface area contributed by atoms with Crippen LogP contribution in [0, 0.1) is 0 Å². The number of hydrogen-bond acceptors (Lipinski definition) is 4. The molecule has 0 aliphatic carbocycles. The fourth-order valence-electron chi connectivity index (χ4n) is 2.17. The minimum absolute atomic E-state index is 0.225. The van der Waals surface area contributed by atoms with Gasteiger partial charge in [0.1, 0.15) is 0 Å². The van der Waals surface area contributed by atoms with Crippen LogP contribution in [0.1, 0.15) is 35.3 Å². The lowest BCUT2D eigenvalue weighted by Gasteiger charge is -2.36. The molecule has 1 saturated heterocycles. The van der Waals surface area contributed by atoms with E-state index in [1.165, 1.54) is 4.88 Å². The Hall–Kier alpha value is -0.710. The van der Waals surface area contributed by atoms with E-state index >= 15 is 0 Å². The van der Waals surface area contributed by atoms with Crippen LogP contribution in [0.25, 0.3) is 0 Å². The molecule has 2 rings (SSSR count). The zero-order valence-corrected chi connectivity index (χ0v) is 12.1. The van der Waals surface area contributed by atoms with Gasteiger partial charge in [0.25, 0.3) is 0 Å². The number of carbonyl (C=O) groups is 1. The molecule has 0 amide bonds. The van der Waals surface area contributed by atoms with Gasteiger partial charge >= 0.3 is 0 Å². The molecule has 0 spiro atoms. The Kier molecular flexibility index (Phi) is 4.54. The SMILES string of the molecule is CCc1ccc(C(=O)CN2CC(C)OCC2C)s1. The largest absolute Gasteiger partial charge is 0.376 e. The molecule has 0 N–H and O–H groups in total. The highest BCUT2D eigenvalue weighted by atomic mass is 32.1. The molecular weight excluding hydrogens is 246 g/mol. The fourth-order valence-corrected chi connectivity index (χ4v) is 3.05. The van der Waals surface area contributed by atoms with Gasteiger partial charge in [-0.05, 0) is 32.4 Å². The van der Waals surface area contributed by atoms with E-state index in [1.807, 2.05) is 6.07 Å². The lowest BCUT2D eigenvalue weighted by molar-refractivity contribution is -0.0459. The Morgan fingerprint density at radius 3 is 2.94 bits per heavy atom. The Balaban J connectivity index is 1.97. The van der Waals surface area contributed by atoms with Crippen molar-refractivity contribution in [2.45, 2.75) is 39.3 Å². The second kappa shape index (κ2) is 5.95. The number of aryl methyl sites for hydroxylation is 1. The summed E-state index contributed by atoms with van der Waals surface area (Å²) in [7, 11) is 0. The molecule has 100 valence electrons. The average Bonchev–Trinajstić information content (AvgIpc) is 2.82. The quantitative estimate of drug-likeness (QED) is 0.785. The molecule has 0 radical (unpaired) electrons. The monoisotopic (exact) mass is 267 g/mol. The molecule has 1 aliphatic heterocycles. The maximum absolute atomic E-state index is 12.2. The van der Waals surface area contributed by atoms with Crippen LogP contribution < -0.4 is 0 Å². The van der Waals surface area contributed by atoms with Gasteiger partial charge in [-0.1, -0.05) is 6.92 Å². The van der Waals surface area contributed by atoms with Crippen LogP contribution >= 0.6 is 11.3 Å². The van der Waals surface area contributed by atoms with Crippen molar-refractivity contribution < 1.29 is 9.53 Å². The Bertz CT molecular complexity index is 416. The van der Waals surface area contributed by atoms with Gasteiger partial charge in [0.2, 0.25) is 0 Å². The highest BCUT2D eigenvalue weighted by molar-refractivity contribution is 7.14. The second-order valence-electron chi connectivity index (χ2n) is 4.97. The maximum Gasteiger partial charge on any atom is 0.186 e. The van der Waals surface area contributed by atoms with Crippen molar-refractivity contribution in [3.05, 3.63) is 21.9 Å². The lowest BCUT2D eigenvalue weighted by atomic mass is 10.2. The summed E-state index contributed by atoms with van der Waals surface area (Å²) in [5.41, 5.74) is 0. The number of carbonyl (C=O) groups excluding carboxylic acids is 1. The van der Waals surface area contributed by atoms with Crippen molar-refractivity contribution in [1.29, 1.82) is 0 Å². The summed E-state index contributed by atoms with van der Waals surface area (Å²) in [5, 5.41) is 0. The third kappa shape index (κ3) is 3.19. The number of rotatable bonds is 4. The zero-order valence-electron chi connectivity index (χ0n) is 11.3. The maximum atomic E-state index is 12.2. The number of nitrogens with zero attached hydrogens (tertiary/aromatic N) is 1. The van der Waals surface area contributed by atoms with Crippen molar-refractivity contribution in [2.75, 3.05) is 19.7 Å². The van der Waals surface area contributed by atoms with Gasteiger partial charge in [-0.25, -0.2) is 0 Å². The van der Waals surface area contributed by atoms with E-state index in [1.54, 1.807) is 11.3 Å². The molecule has 3 nitrogen and oxygen atoms in total. The molecule has 2 heterocycles. The van der Waals surface area contributed by atoms with E-state index < -0.39 is 0 Å². The third-order valence-electron chi connectivity index (χ3n) is 3.37. The van der Waals surface area contributed by atoms with Crippen LogP contribution in [0.2, 0.25) is 0 Å². The van der Waals surface area contributed by atoms with Crippen LogP contribution in [-0.4, -0.2) is 42.5 Å². The van der Waals surface area contributed by atoms with E-state index in [9.17, 15) is 4.79 Å². The summed E-state index contributed by atoms with van der Waals surface area (Å²) >= 11 is 1.62. The first-order valence-corrected chi connectivity index (χ1v) is 7.39. The Morgan fingerprint density at radius 2 is 2.28 bits per heavy atom. The first kappa shape index (κ1) is 13.7. The summed E-state index contributed by atoms with van der Waals surface area (Å²) < 4.78 is 5.58. The van der Waals surface area contributed by atoms with Crippen LogP contribution in [0.4, 0.5) is 0 Å². The topological polar surface area (TPSA) is 29.5 Å². The predicted octanol–water partition coefficient (Wildman–Crippen LogP) is 2.60. The highest BCUT2D eigenvalue weighted by Gasteiger charge is 2.25. The number of Topliss-reactive ketones (excluding diaryl/α,β-unsaturated/α-hetero) is 1. The molecule has 4 heteroatoms. The molecule has 0 bridgehead atoms. The van der Waals surface area contributed by atoms with Crippen LogP contribution in [0.3, 0.4) is 0 Å². The van der Waals surface area contributed by atoms with Gasteiger partial charge in [-0.3, -0.25) is 9.69 Å². The summed E-state index contributed by atoms with van der Waals surface area (Å²) in [6.07, 6.45) is 1.23. The van der Waals surface area contributed by atoms with E-state index in [4.69, 9.17) is 4.74 Å². The summed E-state index contributed by atoms with van der Waals surface area (Å²) in [6, 6.07) is 4.35. The molecule has 1 aliphatic rings. The van der Waals surface area contributed by atoms with E-state index in [0.29, 0.717) is 12.6 Å². The smallest absolute Gasteiger partial charge is 0.186 e. The van der Waals surface area contributed by atoms with Gasteiger partial charge in [-0.15, -0.1) is 11.3 Å². The average molecular weight is 267 g/mol. The van der Waals surface area contributed by atoms with E-state index in [-0.39, 0.29) is 11.9 Å². The van der Waals surface area contributed by atoms with Crippen molar-refractivity contribution in [1.82, 2.24) is 4.90 Å². The van der Waals surface area contributed by atoms with Gasteiger partial charge in [-0.2, -0.15) is 0 Å². The zero-order chi connectivity index (χ0) is 13.1. The Morgan fingerprint density at radius 1 is 1.50 bits per heavy atom. The van der Waals surface area contributed by atoms with Crippen LogP contribution in [0.15, 0.2) is 12.1 Å². The molecule has 1 aromatic rings. The number of thiophene rings is 1. The number of morpholine rings is 1. The first-order valence-electron chi connectivity index (χ1n) is 6.57. The normalized spacial score (nSPS) is 25.3. The van der Waals surface area contributed by atoms with Crippen molar-refractivity contribution in [3.8, 4) is 0 Å². The molecule has 0 saturated carbocycles. The summed E-state index contributed by atoms with van der Waals surface area (Å²) in [6.45, 7) is 8.37. The number of ether oxygens (including phenoxy) is 1.